The summed E-state index contributed by atoms with van der Waals surface area (Å²) in [6, 6.07) is 4.78. The van der Waals surface area contributed by atoms with Crippen molar-refractivity contribution in [3.8, 4) is 0 Å². The third-order valence-corrected chi connectivity index (χ3v) is 7.88. The standard InChI is InChI=1S/C21H20F3N9S.C2HF3O2/c22-21(23,24)16-13(2-1-6-26-16)34-14-10-27-17-18(29-14)31-19(30-17)32-8-4-20(5-9-32)11-33-12(15(20)25)3-7-28-33;3-2(4,5)1(6)7/h1-3,6-7,10,15H,4-5,8-9,11,25H2,(H,27,29,30,31);(H,6,7)/t15-;/m1./s1. The number of fused-ring (bicyclic) bond motifs is 2. The van der Waals surface area contributed by atoms with Crippen molar-refractivity contribution in [3.05, 3.63) is 48.2 Å². The lowest BCUT2D eigenvalue weighted by Gasteiger charge is -2.41. The number of piperidine rings is 1. The first-order valence-corrected chi connectivity index (χ1v) is 12.8. The zero-order chi connectivity index (χ0) is 29.6. The van der Waals surface area contributed by atoms with E-state index in [9.17, 15) is 26.3 Å². The number of nitrogens with one attached hydrogen (secondary N) is 1. The lowest BCUT2D eigenvalue weighted by atomic mass is 9.74. The van der Waals surface area contributed by atoms with Crippen molar-refractivity contribution in [3.63, 3.8) is 0 Å². The minimum Gasteiger partial charge on any atom is -0.475 e. The maximum atomic E-state index is 13.3. The number of aromatic amines is 1. The Balaban J connectivity index is 0.000000431. The highest BCUT2D eigenvalue weighted by molar-refractivity contribution is 7.99. The number of halogens is 6. The zero-order valence-electron chi connectivity index (χ0n) is 20.8. The number of hydrogen-bond donors (Lipinski definition) is 3. The van der Waals surface area contributed by atoms with Crippen LogP contribution in [0.2, 0.25) is 0 Å². The number of imidazole rings is 1. The van der Waals surface area contributed by atoms with E-state index in [1.54, 1.807) is 6.20 Å². The summed E-state index contributed by atoms with van der Waals surface area (Å²) in [4.78, 5) is 31.0. The number of aromatic nitrogens is 7. The fourth-order valence-electron chi connectivity index (χ4n) is 4.85. The van der Waals surface area contributed by atoms with Crippen LogP contribution >= 0.6 is 11.8 Å². The van der Waals surface area contributed by atoms with Gasteiger partial charge in [0.05, 0.1) is 17.9 Å². The molecule has 0 radical (unpaired) electrons. The summed E-state index contributed by atoms with van der Waals surface area (Å²) in [6.07, 6.45) is -3.49. The van der Waals surface area contributed by atoms with E-state index in [4.69, 9.17) is 15.6 Å². The third-order valence-electron chi connectivity index (χ3n) is 6.92. The van der Waals surface area contributed by atoms with Crippen molar-refractivity contribution in [1.29, 1.82) is 0 Å². The molecule has 41 heavy (non-hydrogen) atoms. The van der Waals surface area contributed by atoms with Crippen molar-refractivity contribution in [2.45, 2.75) is 47.7 Å². The van der Waals surface area contributed by atoms with Gasteiger partial charge >= 0.3 is 18.3 Å². The van der Waals surface area contributed by atoms with Gasteiger partial charge in [0, 0.05) is 42.3 Å². The number of pyridine rings is 1. The molecule has 0 unspecified atom stereocenters. The van der Waals surface area contributed by atoms with Crippen LogP contribution in [0, 0.1) is 5.41 Å². The van der Waals surface area contributed by atoms with Crippen LogP contribution in [0.5, 0.6) is 0 Å². The highest BCUT2D eigenvalue weighted by Crippen LogP contribution is 2.48. The molecule has 2 aliphatic heterocycles. The Labute approximate surface area is 231 Å². The summed E-state index contributed by atoms with van der Waals surface area (Å²) in [5, 5.41) is 11.8. The van der Waals surface area contributed by atoms with E-state index in [-0.39, 0.29) is 16.4 Å². The summed E-state index contributed by atoms with van der Waals surface area (Å²) in [6.45, 7) is 2.36. The molecule has 18 heteroatoms. The Morgan fingerprint density at radius 1 is 1.10 bits per heavy atom. The summed E-state index contributed by atoms with van der Waals surface area (Å²) in [7, 11) is 0. The molecule has 0 aliphatic carbocycles. The molecule has 218 valence electrons. The number of rotatable bonds is 3. The molecular weight excluding hydrogens is 580 g/mol. The summed E-state index contributed by atoms with van der Waals surface area (Å²) >= 11 is 0.869. The molecule has 11 nitrogen and oxygen atoms in total. The van der Waals surface area contributed by atoms with E-state index in [2.05, 4.69) is 34.9 Å². The predicted octanol–water partition coefficient (Wildman–Crippen LogP) is 4.05. The molecule has 4 aromatic heterocycles. The number of carboxylic acids is 1. The monoisotopic (exact) mass is 601 g/mol. The van der Waals surface area contributed by atoms with Crippen molar-refractivity contribution >= 4 is 35.0 Å². The van der Waals surface area contributed by atoms with E-state index in [0.29, 0.717) is 22.3 Å². The molecule has 0 saturated carbocycles. The average Bonchev–Trinajstić information content (AvgIpc) is 3.60. The van der Waals surface area contributed by atoms with E-state index >= 15 is 0 Å². The zero-order valence-corrected chi connectivity index (χ0v) is 21.6. The van der Waals surface area contributed by atoms with Crippen molar-refractivity contribution in [2.24, 2.45) is 11.1 Å². The van der Waals surface area contributed by atoms with Gasteiger partial charge in [-0.3, -0.25) is 9.67 Å². The molecule has 1 spiro atoms. The van der Waals surface area contributed by atoms with E-state index in [1.807, 2.05) is 10.7 Å². The Bertz CT molecular complexity index is 1560. The topological polar surface area (TPSA) is 152 Å². The first kappa shape index (κ1) is 28.6. The molecule has 4 aromatic rings. The van der Waals surface area contributed by atoms with Gasteiger partial charge in [-0.2, -0.15) is 36.4 Å². The fourth-order valence-corrected chi connectivity index (χ4v) is 5.73. The van der Waals surface area contributed by atoms with Gasteiger partial charge in [-0.15, -0.1) is 0 Å². The number of H-pyrrole nitrogens is 1. The number of alkyl halides is 6. The Kier molecular flexibility index (Phi) is 7.31. The summed E-state index contributed by atoms with van der Waals surface area (Å²) in [5.41, 5.74) is 7.54. The van der Waals surface area contributed by atoms with Crippen molar-refractivity contribution in [1.82, 2.24) is 34.7 Å². The molecule has 0 amide bonds. The molecule has 0 bridgehead atoms. The third kappa shape index (κ3) is 5.79. The minimum atomic E-state index is -5.08. The molecule has 1 fully saturated rings. The maximum absolute atomic E-state index is 13.3. The molecular formula is C23H21F6N9O2S. The van der Waals surface area contributed by atoms with Crippen LogP contribution in [0.15, 0.2) is 46.7 Å². The maximum Gasteiger partial charge on any atom is 0.490 e. The van der Waals surface area contributed by atoms with E-state index in [1.165, 1.54) is 18.3 Å². The first-order chi connectivity index (χ1) is 19.3. The van der Waals surface area contributed by atoms with E-state index in [0.717, 1.165) is 56.1 Å². The van der Waals surface area contributed by atoms with Gasteiger partial charge in [0.2, 0.25) is 5.95 Å². The van der Waals surface area contributed by atoms with Crippen LogP contribution in [0.4, 0.5) is 32.3 Å². The molecule has 2 aliphatic rings. The van der Waals surface area contributed by atoms with Crippen LogP contribution in [0.3, 0.4) is 0 Å². The number of anilines is 1. The van der Waals surface area contributed by atoms with Gasteiger partial charge < -0.3 is 20.7 Å². The number of nitrogens with two attached hydrogens (primary N) is 1. The highest BCUT2D eigenvalue weighted by Gasteiger charge is 2.47. The Morgan fingerprint density at radius 3 is 2.44 bits per heavy atom. The Hall–Kier alpha value is -3.93. The second-order valence-corrected chi connectivity index (χ2v) is 10.5. The van der Waals surface area contributed by atoms with Crippen molar-refractivity contribution < 1.29 is 36.2 Å². The predicted molar refractivity (Wildman–Crippen MR) is 132 cm³/mol. The molecule has 1 saturated heterocycles. The van der Waals surface area contributed by atoms with Gasteiger partial charge in [-0.25, -0.2) is 14.8 Å². The molecule has 6 rings (SSSR count). The summed E-state index contributed by atoms with van der Waals surface area (Å²) in [5.74, 6) is -2.11. The smallest absolute Gasteiger partial charge is 0.475 e. The van der Waals surface area contributed by atoms with Crippen LogP contribution < -0.4 is 10.6 Å². The van der Waals surface area contributed by atoms with Gasteiger partial charge in [0.25, 0.3) is 0 Å². The first-order valence-electron chi connectivity index (χ1n) is 12.0. The van der Waals surface area contributed by atoms with Crippen molar-refractivity contribution in [2.75, 3.05) is 18.0 Å². The molecule has 0 aromatic carbocycles. The quantitative estimate of drug-likeness (QED) is 0.293. The van der Waals surface area contributed by atoms with Crippen LogP contribution in [0.1, 0.15) is 30.3 Å². The lowest BCUT2D eigenvalue weighted by molar-refractivity contribution is -0.192. The highest BCUT2D eigenvalue weighted by atomic mass is 32.2. The number of nitrogens with zero attached hydrogens (tertiary/aromatic N) is 7. The second kappa shape index (κ2) is 10.5. The van der Waals surface area contributed by atoms with Crippen LogP contribution in [-0.2, 0) is 17.5 Å². The molecule has 1 atom stereocenters. The number of hydrogen-bond acceptors (Lipinski definition) is 9. The molecule has 4 N–H and O–H groups in total. The van der Waals surface area contributed by atoms with E-state index < -0.39 is 24.0 Å². The minimum absolute atomic E-state index is 0.00761. The van der Waals surface area contributed by atoms with Crippen LogP contribution in [-0.4, -0.2) is 65.0 Å². The fraction of sp³-hybridized carbons (Fsp3) is 0.391. The van der Waals surface area contributed by atoms with Gasteiger partial charge in [-0.05, 0) is 31.0 Å². The van der Waals surface area contributed by atoms with Gasteiger partial charge in [-0.1, -0.05) is 11.8 Å². The largest absolute Gasteiger partial charge is 0.490 e. The SMILES string of the molecule is N[C@@H]1c2ccnn2CC12CCN(c1nc3ncc(Sc4cccnc4C(F)(F)F)nc3[nH]1)CC2.O=C(O)C(F)(F)F. The van der Waals surface area contributed by atoms with Gasteiger partial charge in [0.15, 0.2) is 17.0 Å². The molecule has 6 heterocycles. The number of aliphatic carboxylic acids is 1. The van der Waals surface area contributed by atoms with Crippen LogP contribution in [0.25, 0.3) is 11.3 Å². The summed E-state index contributed by atoms with van der Waals surface area (Å²) < 4.78 is 73.5. The average molecular weight is 602 g/mol. The Morgan fingerprint density at radius 2 is 1.80 bits per heavy atom. The normalized spacial score (nSPS) is 18.3. The second-order valence-electron chi connectivity index (χ2n) is 9.43. The lowest BCUT2D eigenvalue weighted by Crippen LogP contribution is -2.45. The number of carboxylic acid groups (broad SMARTS) is 1. The van der Waals surface area contributed by atoms with Gasteiger partial charge in [0.1, 0.15) is 5.03 Å². The number of carbonyl (C=O) groups is 1.